The van der Waals surface area contributed by atoms with E-state index >= 15 is 0 Å². The molecule has 0 fully saturated rings. The highest BCUT2D eigenvalue weighted by Gasteiger charge is 2.38. The topological polar surface area (TPSA) is 87.7 Å². The highest BCUT2D eigenvalue weighted by molar-refractivity contribution is 6.30. The number of rotatable bonds is 6. The number of aryl methyl sites for hydroxylation is 1. The third-order valence-electron chi connectivity index (χ3n) is 3.76. The summed E-state index contributed by atoms with van der Waals surface area (Å²) in [6.07, 6.45) is 4.04. The molecule has 148 valence electrons. The fraction of sp³-hybridized carbons (Fsp3) is 0.312. The van der Waals surface area contributed by atoms with E-state index in [2.05, 4.69) is 20.2 Å². The summed E-state index contributed by atoms with van der Waals surface area (Å²) in [5.74, 6) is -1.65. The summed E-state index contributed by atoms with van der Waals surface area (Å²) >= 11 is 11.0. The van der Waals surface area contributed by atoms with Crippen LogP contribution >= 0.6 is 23.2 Å². The Morgan fingerprint density at radius 2 is 2.04 bits per heavy atom. The number of hydrogen-bond donors (Lipinski definition) is 0. The molecule has 3 aromatic heterocycles. The van der Waals surface area contributed by atoms with E-state index in [0.717, 1.165) is 10.7 Å². The highest BCUT2D eigenvalue weighted by atomic mass is 35.5. The van der Waals surface area contributed by atoms with Crippen molar-refractivity contribution in [2.75, 3.05) is 6.61 Å². The van der Waals surface area contributed by atoms with Crippen LogP contribution in [0, 0.1) is 0 Å². The van der Waals surface area contributed by atoms with Gasteiger partial charge in [-0.15, -0.1) is 0 Å². The molecule has 1 unspecified atom stereocenters. The van der Waals surface area contributed by atoms with Crippen molar-refractivity contribution in [3.05, 3.63) is 53.0 Å². The molecule has 0 saturated carbocycles. The summed E-state index contributed by atoms with van der Waals surface area (Å²) < 4.78 is 35.2. The molecule has 0 N–H and O–H groups in total. The molecule has 0 radical (unpaired) electrons. The number of esters is 1. The molecule has 1 atom stereocenters. The quantitative estimate of drug-likeness (QED) is 0.441. The standard InChI is InChI=1S/C16H14Cl2F2N6O2/c1-3-28-15(27)13(14-21-7-9(17)8-22-14)10-6-11(16(18,19)20)24-26(10)12-4-5-23-25(12)2/h4-8,13H,3H2,1-2H3. The first-order valence-electron chi connectivity index (χ1n) is 8.02. The third-order valence-corrected chi connectivity index (χ3v) is 4.14. The Kier molecular flexibility index (Phi) is 5.61. The van der Waals surface area contributed by atoms with Gasteiger partial charge in [-0.2, -0.15) is 19.0 Å². The van der Waals surface area contributed by atoms with Gasteiger partial charge in [0, 0.05) is 25.5 Å². The van der Waals surface area contributed by atoms with Crippen molar-refractivity contribution in [3.8, 4) is 5.82 Å². The van der Waals surface area contributed by atoms with Crippen molar-refractivity contribution >= 4 is 29.2 Å². The van der Waals surface area contributed by atoms with Gasteiger partial charge in [0.2, 0.25) is 0 Å². The second kappa shape index (κ2) is 7.80. The predicted molar refractivity (Wildman–Crippen MR) is 95.6 cm³/mol. The molecule has 0 aliphatic rings. The van der Waals surface area contributed by atoms with Crippen molar-refractivity contribution in [2.45, 2.75) is 18.2 Å². The van der Waals surface area contributed by atoms with Crippen LogP contribution in [0.25, 0.3) is 5.82 Å². The van der Waals surface area contributed by atoms with E-state index in [1.165, 1.54) is 29.3 Å². The van der Waals surface area contributed by atoms with Crippen molar-refractivity contribution in [2.24, 2.45) is 7.05 Å². The molecule has 28 heavy (non-hydrogen) atoms. The molecule has 3 rings (SSSR count). The molecule has 0 amide bonds. The van der Waals surface area contributed by atoms with Gasteiger partial charge < -0.3 is 4.74 Å². The number of nitrogens with zero attached hydrogens (tertiary/aromatic N) is 6. The number of aromatic nitrogens is 6. The maximum atomic E-state index is 13.8. The molecule has 0 aliphatic heterocycles. The molecule has 0 saturated heterocycles. The van der Waals surface area contributed by atoms with Gasteiger partial charge >= 0.3 is 11.4 Å². The van der Waals surface area contributed by atoms with E-state index in [1.807, 2.05) is 0 Å². The zero-order valence-electron chi connectivity index (χ0n) is 14.7. The zero-order valence-corrected chi connectivity index (χ0v) is 16.2. The minimum Gasteiger partial charge on any atom is -0.465 e. The van der Waals surface area contributed by atoms with Crippen molar-refractivity contribution in [1.29, 1.82) is 0 Å². The Hall–Kier alpha value is -2.59. The summed E-state index contributed by atoms with van der Waals surface area (Å²) in [7, 11) is 1.59. The molecule has 0 aromatic carbocycles. The van der Waals surface area contributed by atoms with Gasteiger partial charge in [-0.3, -0.25) is 9.48 Å². The first-order chi connectivity index (χ1) is 13.2. The summed E-state index contributed by atoms with van der Waals surface area (Å²) in [6, 6.07) is 2.55. The molecule has 3 aromatic rings. The molecule has 3 heterocycles. The minimum atomic E-state index is -3.75. The monoisotopic (exact) mass is 430 g/mol. The lowest BCUT2D eigenvalue weighted by Gasteiger charge is -2.16. The van der Waals surface area contributed by atoms with Crippen molar-refractivity contribution in [1.82, 2.24) is 29.5 Å². The second-order valence-electron chi connectivity index (χ2n) is 5.62. The Bertz CT molecular complexity index is 984. The largest absolute Gasteiger partial charge is 0.465 e. The average Bonchev–Trinajstić information content (AvgIpc) is 3.23. The molecule has 0 spiro atoms. The summed E-state index contributed by atoms with van der Waals surface area (Å²) in [5, 5.41) is 4.37. The van der Waals surface area contributed by atoms with Gasteiger partial charge in [0.1, 0.15) is 11.5 Å². The van der Waals surface area contributed by atoms with Crippen LogP contribution in [0.5, 0.6) is 0 Å². The number of hydrogen-bond acceptors (Lipinski definition) is 6. The zero-order chi connectivity index (χ0) is 20.5. The van der Waals surface area contributed by atoms with E-state index in [1.54, 1.807) is 14.0 Å². The van der Waals surface area contributed by atoms with Crippen LogP contribution in [0.4, 0.5) is 8.78 Å². The van der Waals surface area contributed by atoms with E-state index in [0.29, 0.717) is 5.82 Å². The summed E-state index contributed by atoms with van der Waals surface area (Å²) in [4.78, 5) is 20.8. The van der Waals surface area contributed by atoms with Crippen LogP contribution in [0.3, 0.4) is 0 Å². The fourth-order valence-corrected chi connectivity index (χ4v) is 2.74. The van der Waals surface area contributed by atoms with Gasteiger partial charge in [0.25, 0.3) is 0 Å². The van der Waals surface area contributed by atoms with Crippen LogP contribution in [0.2, 0.25) is 5.02 Å². The van der Waals surface area contributed by atoms with Crippen LogP contribution in [-0.4, -0.2) is 42.1 Å². The second-order valence-corrected chi connectivity index (χ2v) is 6.53. The van der Waals surface area contributed by atoms with Crippen molar-refractivity contribution in [3.63, 3.8) is 0 Å². The van der Waals surface area contributed by atoms with Gasteiger partial charge in [-0.1, -0.05) is 11.6 Å². The van der Waals surface area contributed by atoms with Gasteiger partial charge in [0.15, 0.2) is 11.7 Å². The van der Waals surface area contributed by atoms with Crippen LogP contribution in [-0.2, 0) is 22.0 Å². The SMILES string of the molecule is CCOC(=O)C(c1ncc(Cl)cn1)c1cc(C(F)(F)Cl)nn1-c1ccnn1C. The molecule has 12 heteroatoms. The van der Waals surface area contributed by atoms with Gasteiger partial charge in [-0.05, 0) is 24.6 Å². The first kappa shape index (κ1) is 20.2. The molecular formula is C16H14Cl2F2N6O2. The smallest absolute Gasteiger partial charge is 0.366 e. The van der Waals surface area contributed by atoms with E-state index < -0.39 is 23.0 Å². The molecular weight excluding hydrogens is 417 g/mol. The lowest BCUT2D eigenvalue weighted by molar-refractivity contribution is -0.144. The van der Waals surface area contributed by atoms with Gasteiger partial charge in [0.05, 0.1) is 23.5 Å². The third kappa shape index (κ3) is 3.97. The van der Waals surface area contributed by atoms with Crippen LogP contribution in [0.15, 0.2) is 30.7 Å². The summed E-state index contributed by atoms with van der Waals surface area (Å²) in [5.41, 5.74) is -0.701. The summed E-state index contributed by atoms with van der Waals surface area (Å²) in [6.45, 7) is 1.69. The number of halogens is 4. The number of ether oxygens (including phenoxy) is 1. The lowest BCUT2D eigenvalue weighted by atomic mass is 10.0. The normalized spacial score (nSPS) is 12.8. The number of carbonyl (C=O) groups excluding carboxylic acids is 1. The van der Waals surface area contributed by atoms with Crippen LogP contribution in [0.1, 0.15) is 30.1 Å². The van der Waals surface area contributed by atoms with E-state index in [4.69, 9.17) is 27.9 Å². The highest BCUT2D eigenvalue weighted by Crippen LogP contribution is 2.35. The van der Waals surface area contributed by atoms with Crippen molar-refractivity contribution < 1.29 is 18.3 Å². The Balaban J connectivity index is 2.23. The Labute approximate surface area is 168 Å². The average molecular weight is 431 g/mol. The minimum absolute atomic E-state index is 0.00982. The predicted octanol–water partition coefficient (Wildman–Crippen LogP) is 3.03. The van der Waals surface area contributed by atoms with E-state index in [-0.39, 0.29) is 23.1 Å². The van der Waals surface area contributed by atoms with Crippen LogP contribution < -0.4 is 0 Å². The first-order valence-corrected chi connectivity index (χ1v) is 8.77. The maximum Gasteiger partial charge on any atom is 0.366 e. The Morgan fingerprint density at radius 1 is 1.36 bits per heavy atom. The fourth-order valence-electron chi connectivity index (χ4n) is 2.55. The number of carbonyl (C=O) groups is 1. The van der Waals surface area contributed by atoms with E-state index in [9.17, 15) is 13.6 Å². The van der Waals surface area contributed by atoms with Gasteiger partial charge in [-0.25, -0.2) is 14.6 Å². The maximum absolute atomic E-state index is 13.8. The molecule has 0 bridgehead atoms. The molecule has 8 nitrogen and oxygen atoms in total. The lowest BCUT2D eigenvalue weighted by Crippen LogP contribution is -2.23. The molecule has 0 aliphatic carbocycles. The number of alkyl halides is 3. The Morgan fingerprint density at radius 3 is 2.57 bits per heavy atom.